The van der Waals surface area contributed by atoms with E-state index in [9.17, 15) is 8.42 Å². The number of hydrogen-bond acceptors (Lipinski definition) is 7. The van der Waals surface area contributed by atoms with Crippen LogP contribution in [0.25, 0.3) is 0 Å². The molecule has 2 aromatic rings. The van der Waals surface area contributed by atoms with Crippen LogP contribution in [0.5, 0.6) is 0 Å². The first-order valence-corrected chi connectivity index (χ1v) is 13.7. The maximum absolute atomic E-state index is 12.1. The van der Waals surface area contributed by atoms with Gasteiger partial charge in [-0.3, -0.25) is 9.47 Å². The van der Waals surface area contributed by atoms with Gasteiger partial charge in [0.15, 0.2) is 9.84 Å². The third-order valence-corrected chi connectivity index (χ3v) is 8.40. The lowest BCUT2D eigenvalue weighted by Crippen LogP contribution is -2.39. The second kappa shape index (κ2) is 10.5. The third kappa shape index (κ3) is 5.59. The Labute approximate surface area is 195 Å². The summed E-state index contributed by atoms with van der Waals surface area (Å²) < 4.78 is 34.4. The summed E-state index contributed by atoms with van der Waals surface area (Å²) in [5.41, 5.74) is 1.17. The lowest BCUT2D eigenvalue weighted by molar-refractivity contribution is 0.121. The minimum Gasteiger partial charge on any atom is -0.378 e. The average molecular weight is 480 g/mol. The van der Waals surface area contributed by atoms with Crippen molar-refractivity contribution in [3.05, 3.63) is 40.7 Å². The Hall–Kier alpha value is -1.75. The number of sulfone groups is 1. The van der Waals surface area contributed by atoms with E-state index in [1.807, 2.05) is 22.9 Å². The number of nitrogens with zero attached hydrogens (tertiary/aromatic N) is 5. The summed E-state index contributed by atoms with van der Waals surface area (Å²) in [6.45, 7) is 7.07. The summed E-state index contributed by atoms with van der Waals surface area (Å²) in [6, 6.07) is 10.3. The van der Waals surface area contributed by atoms with Crippen molar-refractivity contribution in [2.24, 2.45) is 0 Å². The quantitative estimate of drug-likeness (QED) is 0.512. The van der Waals surface area contributed by atoms with Crippen LogP contribution in [-0.2, 0) is 27.8 Å². The van der Waals surface area contributed by atoms with Gasteiger partial charge < -0.3 is 9.64 Å². The maximum atomic E-state index is 12.1. The first kappa shape index (κ1) is 23.4. The highest BCUT2D eigenvalue weighted by atomic mass is 32.2. The van der Waals surface area contributed by atoms with Crippen molar-refractivity contribution in [1.82, 2.24) is 19.2 Å². The Morgan fingerprint density at radius 1 is 1.22 bits per heavy atom. The maximum Gasteiger partial charge on any atom is 0.226 e. The van der Waals surface area contributed by atoms with Crippen LogP contribution in [0.4, 0.5) is 5.95 Å². The fourth-order valence-electron chi connectivity index (χ4n) is 4.39. The van der Waals surface area contributed by atoms with Crippen LogP contribution in [0, 0.1) is 4.77 Å². The normalized spacial score (nSPS) is 20.8. The van der Waals surface area contributed by atoms with Crippen molar-refractivity contribution in [2.45, 2.75) is 45.4 Å². The van der Waals surface area contributed by atoms with Gasteiger partial charge in [0, 0.05) is 25.7 Å². The number of hydrogen-bond donors (Lipinski definition) is 0. The van der Waals surface area contributed by atoms with Crippen molar-refractivity contribution in [3.8, 4) is 0 Å². The Morgan fingerprint density at radius 3 is 2.62 bits per heavy atom. The zero-order valence-corrected chi connectivity index (χ0v) is 20.4. The Bertz CT molecular complexity index is 1050. The van der Waals surface area contributed by atoms with Gasteiger partial charge in [-0.25, -0.2) is 13.1 Å². The summed E-state index contributed by atoms with van der Waals surface area (Å²) in [5, 5.41) is 4.94. The van der Waals surface area contributed by atoms with E-state index in [2.05, 4.69) is 33.4 Å². The van der Waals surface area contributed by atoms with Crippen molar-refractivity contribution in [2.75, 3.05) is 49.3 Å². The van der Waals surface area contributed by atoms with Crippen LogP contribution in [-0.4, -0.2) is 78.1 Å². The fourth-order valence-corrected chi connectivity index (χ4v) is 6.40. The number of morpholine rings is 1. The zero-order chi connectivity index (χ0) is 22.6. The molecule has 2 aliphatic rings. The molecule has 8 nitrogen and oxygen atoms in total. The monoisotopic (exact) mass is 479 g/mol. The van der Waals surface area contributed by atoms with E-state index in [4.69, 9.17) is 22.1 Å². The molecule has 0 bridgehead atoms. The first-order valence-electron chi connectivity index (χ1n) is 11.5. The van der Waals surface area contributed by atoms with E-state index in [1.165, 1.54) is 5.56 Å². The first-order chi connectivity index (χ1) is 15.5. The van der Waals surface area contributed by atoms with Gasteiger partial charge in [0.2, 0.25) is 10.7 Å². The molecule has 0 spiro atoms. The van der Waals surface area contributed by atoms with Gasteiger partial charge in [-0.05, 0) is 30.6 Å². The van der Waals surface area contributed by atoms with Crippen LogP contribution < -0.4 is 4.90 Å². The van der Waals surface area contributed by atoms with Gasteiger partial charge in [-0.1, -0.05) is 43.7 Å². The highest BCUT2D eigenvalue weighted by Gasteiger charge is 2.32. The van der Waals surface area contributed by atoms with Gasteiger partial charge in [-0.15, -0.1) is 5.10 Å². The SMILES string of the molecule is CCCCN(Cn1nc(N2CCOCC2)n(Cc2ccccc2)c1=S)C1CCS(=O)(=O)C1. The van der Waals surface area contributed by atoms with E-state index >= 15 is 0 Å². The summed E-state index contributed by atoms with van der Waals surface area (Å²) >= 11 is 5.89. The van der Waals surface area contributed by atoms with Crippen LogP contribution in [0.3, 0.4) is 0 Å². The van der Waals surface area contributed by atoms with Gasteiger partial charge in [0.05, 0.1) is 37.9 Å². The molecule has 0 amide bonds. The number of aromatic nitrogens is 3. The molecule has 1 aromatic carbocycles. The van der Waals surface area contributed by atoms with Gasteiger partial charge in [-0.2, -0.15) is 0 Å². The van der Waals surface area contributed by atoms with Crippen molar-refractivity contribution >= 4 is 28.0 Å². The molecule has 1 aromatic heterocycles. The molecule has 10 heteroatoms. The largest absolute Gasteiger partial charge is 0.378 e. The molecule has 32 heavy (non-hydrogen) atoms. The van der Waals surface area contributed by atoms with Crippen LogP contribution in [0.15, 0.2) is 30.3 Å². The Balaban J connectivity index is 1.63. The molecular formula is C22H33N5O3S2. The van der Waals surface area contributed by atoms with Crippen LogP contribution in [0.1, 0.15) is 31.7 Å². The smallest absolute Gasteiger partial charge is 0.226 e. The average Bonchev–Trinajstić information content (AvgIpc) is 3.32. The van der Waals surface area contributed by atoms with E-state index in [0.29, 0.717) is 37.6 Å². The van der Waals surface area contributed by atoms with E-state index in [1.54, 1.807) is 0 Å². The Kier molecular flexibility index (Phi) is 7.65. The number of benzene rings is 1. The predicted octanol–water partition coefficient (Wildman–Crippen LogP) is 2.55. The molecule has 2 saturated heterocycles. The molecule has 3 heterocycles. The Morgan fingerprint density at radius 2 is 1.97 bits per heavy atom. The van der Waals surface area contributed by atoms with Crippen molar-refractivity contribution in [3.63, 3.8) is 0 Å². The van der Waals surface area contributed by atoms with Gasteiger partial charge in [0.25, 0.3) is 0 Å². The second-order valence-corrected chi connectivity index (χ2v) is 11.2. The summed E-state index contributed by atoms with van der Waals surface area (Å²) in [5.74, 6) is 1.36. The van der Waals surface area contributed by atoms with E-state index < -0.39 is 9.84 Å². The van der Waals surface area contributed by atoms with Crippen LogP contribution >= 0.6 is 12.2 Å². The molecule has 0 aliphatic carbocycles. The molecule has 1 atom stereocenters. The minimum absolute atomic E-state index is 0.0274. The number of unbranched alkanes of at least 4 members (excludes halogenated alkanes) is 1. The second-order valence-electron chi connectivity index (χ2n) is 8.62. The molecular weight excluding hydrogens is 446 g/mol. The third-order valence-electron chi connectivity index (χ3n) is 6.22. The highest BCUT2D eigenvalue weighted by molar-refractivity contribution is 7.91. The summed E-state index contributed by atoms with van der Waals surface area (Å²) in [7, 11) is -2.95. The fraction of sp³-hybridized carbons (Fsp3) is 0.636. The molecule has 4 rings (SSSR count). The predicted molar refractivity (Wildman–Crippen MR) is 128 cm³/mol. The molecule has 0 radical (unpaired) electrons. The molecule has 0 saturated carbocycles. The molecule has 2 fully saturated rings. The highest BCUT2D eigenvalue weighted by Crippen LogP contribution is 2.22. The summed E-state index contributed by atoms with van der Waals surface area (Å²) in [4.78, 5) is 4.49. The number of ether oxygens (including phenoxy) is 1. The lowest BCUT2D eigenvalue weighted by Gasteiger charge is -2.28. The lowest BCUT2D eigenvalue weighted by atomic mass is 10.2. The van der Waals surface area contributed by atoms with Crippen LogP contribution in [0.2, 0.25) is 0 Å². The molecule has 1 unspecified atom stereocenters. The summed E-state index contributed by atoms with van der Waals surface area (Å²) in [6.07, 6.45) is 2.76. The molecule has 0 N–H and O–H groups in total. The topological polar surface area (TPSA) is 72.6 Å². The van der Waals surface area contributed by atoms with Gasteiger partial charge >= 0.3 is 0 Å². The van der Waals surface area contributed by atoms with Crippen molar-refractivity contribution in [1.29, 1.82) is 0 Å². The van der Waals surface area contributed by atoms with Crippen molar-refractivity contribution < 1.29 is 13.2 Å². The molecule has 176 valence electrons. The number of anilines is 1. The van der Waals surface area contributed by atoms with E-state index in [-0.39, 0.29) is 17.5 Å². The minimum atomic E-state index is -2.95. The standard InChI is InChI=1S/C22H33N5O3S2/c1-2-3-10-25(20-9-15-32(28,29)17-20)18-27-22(31)26(16-19-7-5-4-6-8-19)21(23-27)24-11-13-30-14-12-24/h4-8,20H,2-3,9-18H2,1H3. The zero-order valence-electron chi connectivity index (χ0n) is 18.7. The van der Waals surface area contributed by atoms with Gasteiger partial charge in [0.1, 0.15) is 0 Å². The van der Waals surface area contributed by atoms with E-state index in [0.717, 1.165) is 38.4 Å². The molecule has 2 aliphatic heterocycles. The number of rotatable bonds is 9.